The van der Waals surface area contributed by atoms with Crippen molar-refractivity contribution in [3.63, 3.8) is 0 Å². The lowest BCUT2D eigenvalue weighted by molar-refractivity contribution is -0.136. The first-order valence-electron chi connectivity index (χ1n) is 13.0. The number of rotatable bonds is 7. The molecule has 0 saturated heterocycles. The van der Waals surface area contributed by atoms with Crippen LogP contribution in [0, 0.1) is 0 Å². The monoisotopic (exact) mass is 634 g/mol. The minimum atomic E-state index is -1.03. The largest absolute Gasteiger partial charge is 0.423 e. The second-order valence-corrected chi connectivity index (χ2v) is 10.1. The van der Waals surface area contributed by atoms with E-state index in [1.807, 2.05) is 30.3 Å². The van der Waals surface area contributed by atoms with Crippen molar-refractivity contribution in [3.05, 3.63) is 136 Å². The Balaban J connectivity index is 1.15. The summed E-state index contributed by atoms with van der Waals surface area (Å²) in [6, 6.07) is 32.8. The molecule has 3 N–H and O–H groups in total. The summed E-state index contributed by atoms with van der Waals surface area (Å²) in [4.78, 5) is 50.4. The molecule has 0 atom stereocenters. The lowest BCUT2D eigenvalue weighted by Gasteiger charge is -2.11. The van der Waals surface area contributed by atoms with Crippen LogP contribution in [0.2, 0.25) is 0 Å². The second kappa shape index (κ2) is 13.4. The third-order valence-corrected chi connectivity index (χ3v) is 6.74. The smallest absolute Gasteiger partial charge is 0.344 e. The van der Waals surface area contributed by atoms with Gasteiger partial charge in [-0.1, -0.05) is 64.5 Å². The van der Waals surface area contributed by atoms with Crippen molar-refractivity contribution in [2.75, 3.05) is 10.6 Å². The molecule has 10 heteroatoms. The van der Waals surface area contributed by atoms with Crippen molar-refractivity contribution in [2.45, 2.75) is 0 Å². The van der Waals surface area contributed by atoms with E-state index in [-0.39, 0.29) is 11.3 Å². The Hall–Kier alpha value is -5.61. The van der Waals surface area contributed by atoms with Crippen LogP contribution in [0.4, 0.5) is 11.4 Å². The van der Waals surface area contributed by atoms with E-state index < -0.39 is 23.7 Å². The first-order valence-corrected chi connectivity index (χ1v) is 13.8. The van der Waals surface area contributed by atoms with Gasteiger partial charge in [0.2, 0.25) is 0 Å². The van der Waals surface area contributed by atoms with Gasteiger partial charge >= 0.3 is 17.8 Å². The third kappa shape index (κ3) is 7.38. The fourth-order valence-electron chi connectivity index (χ4n) is 4.10. The summed E-state index contributed by atoms with van der Waals surface area (Å²) >= 11 is 3.34. The Bertz CT molecular complexity index is 1850. The molecule has 0 spiro atoms. The number of hydrogen-bond acceptors (Lipinski definition) is 6. The standard InChI is InChI=1S/C33H23BrN4O5/c34-23-14-16-24(17-15-23)36-30(39)28-9-3-4-11-29(28)37-31(40)32(41)38-35-20-21-12-18-25(19-13-21)43-33(42)27-10-5-7-22-6-1-2-8-26(22)27/h1-20H,(H,36,39)(H,37,40)(H,38,41). The number of anilines is 2. The van der Waals surface area contributed by atoms with Crippen molar-refractivity contribution < 1.29 is 23.9 Å². The Kier molecular flexibility index (Phi) is 8.99. The molecule has 3 amide bonds. The lowest BCUT2D eigenvalue weighted by atomic mass is 10.0. The summed E-state index contributed by atoms with van der Waals surface area (Å²) in [7, 11) is 0. The molecule has 212 valence electrons. The Morgan fingerprint density at radius 3 is 2.14 bits per heavy atom. The zero-order valence-corrected chi connectivity index (χ0v) is 24.0. The van der Waals surface area contributed by atoms with Gasteiger partial charge in [0.25, 0.3) is 5.91 Å². The highest BCUT2D eigenvalue weighted by molar-refractivity contribution is 9.10. The summed E-state index contributed by atoms with van der Waals surface area (Å²) in [5, 5.41) is 10.7. The SMILES string of the molecule is O=C(NN=Cc1ccc(OC(=O)c2cccc3ccccc23)cc1)C(=O)Nc1ccccc1C(=O)Nc1ccc(Br)cc1. The van der Waals surface area contributed by atoms with E-state index in [2.05, 4.69) is 37.1 Å². The van der Waals surface area contributed by atoms with E-state index in [4.69, 9.17) is 4.74 Å². The van der Waals surface area contributed by atoms with Gasteiger partial charge in [0.1, 0.15) is 5.75 Å². The fourth-order valence-corrected chi connectivity index (χ4v) is 4.37. The van der Waals surface area contributed by atoms with Gasteiger partial charge in [-0.05, 0) is 83.1 Å². The highest BCUT2D eigenvalue weighted by Gasteiger charge is 2.18. The number of nitrogens with one attached hydrogen (secondary N) is 3. The summed E-state index contributed by atoms with van der Waals surface area (Å²) in [5.41, 5.74) is 4.10. The minimum Gasteiger partial charge on any atom is -0.423 e. The van der Waals surface area contributed by atoms with Crippen LogP contribution < -0.4 is 20.8 Å². The summed E-state index contributed by atoms with van der Waals surface area (Å²) in [6.07, 6.45) is 1.33. The molecule has 9 nitrogen and oxygen atoms in total. The molecule has 0 fully saturated rings. The average molecular weight is 635 g/mol. The van der Waals surface area contributed by atoms with E-state index in [1.54, 1.807) is 72.8 Å². The van der Waals surface area contributed by atoms with Crippen LogP contribution in [0.5, 0.6) is 5.75 Å². The summed E-state index contributed by atoms with van der Waals surface area (Å²) in [6.45, 7) is 0. The molecule has 5 aromatic carbocycles. The number of hydrazone groups is 1. The Morgan fingerprint density at radius 2 is 1.35 bits per heavy atom. The number of esters is 1. The maximum atomic E-state index is 12.8. The lowest BCUT2D eigenvalue weighted by Crippen LogP contribution is -2.33. The predicted molar refractivity (Wildman–Crippen MR) is 168 cm³/mol. The molecule has 0 aliphatic heterocycles. The summed E-state index contributed by atoms with van der Waals surface area (Å²) < 4.78 is 6.39. The number of carbonyl (C=O) groups is 4. The zero-order valence-electron chi connectivity index (χ0n) is 22.4. The van der Waals surface area contributed by atoms with E-state index in [0.29, 0.717) is 22.6 Å². The van der Waals surface area contributed by atoms with E-state index in [0.717, 1.165) is 15.2 Å². The number of para-hydroxylation sites is 1. The predicted octanol–water partition coefficient (Wildman–Crippen LogP) is 6.16. The van der Waals surface area contributed by atoms with Gasteiger partial charge in [0.05, 0.1) is 23.0 Å². The van der Waals surface area contributed by atoms with Gasteiger partial charge in [-0.15, -0.1) is 0 Å². The molecule has 0 bridgehead atoms. The number of benzene rings is 5. The molecule has 0 aliphatic carbocycles. The zero-order chi connectivity index (χ0) is 30.2. The first-order chi connectivity index (χ1) is 20.9. The minimum absolute atomic E-state index is 0.162. The normalized spacial score (nSPS) is 10.7. The van der Waals surface area contributed by atoms with Crippen LogP contribution >= 0.6 is 15.9 Å². The van der Waals surface area contributed by atoms with Crippen molar-refractivity contribution in [3.8, 4) is 5.75 Å². The number of fused-ring (bicyclic) bond motifs is 1. The molecule has 0 aliphatic rings. The van der Waals surface area contributed by atoms with E-state index in [9.17, 15) is 19.2 Å². The Labute approximate surface area is 254 Å². The van der Waals surface area contributed by atoms with E-state index >= 15 is 0 Å². The van der Waals surface area contributed by atoms with Crippen LogP contribution in [0.3, 0.4) is 0 Å². The quantitative estimate of drug-likeness (QED) is 0.0649. The topological polar surface area (TPSA) is 126 Å². The average Bonchev–Trinajstić information content (AvgIpc) is 3.02. The maximum Gasteiger partial charge on any atom is 0.344 e. The number of amides is 3. The van der Waals surface area contributed by atoms with Crippen LogP contribution in [0.1, 0.15) is 26.3 Å². The maximum absolute atomic E-state index is 12.8. The van der Waals surface area contributed by atoms with Gasteiger partial charge in [0, 0.05) is 10.2 Å². The third-order valence-electron chi connectivity index (χ3n) is 6.21. The van der Waals surface area contributed by atoms with Crippen LogP contribution in [-0.2, 0) is 9.59 Å². The number of ether oxygens (including phenoxy) is 1. The van der Waals surface area contributed by atoms with Crippen LogP contribution in [0.25, 0.3) is 10.8 Å². The number of nitrogens with zero attached hydrogens (tertiary/aromatic N) is 1. The molecule has 43 heavy (non-hydrogen) atoms. The number of hydrogen-bond donors (Lipinski definition) is 3. The van der Waals surface area contributed by atoms with Gasteiger partial charge in [0.15, 0.2) is 0 Å². The highest BCUT2D eigenvalue weighted by Crippen LogP contribution is 2.22. The molecular formula is C33H23BrN4O5. The fraction of sp³-hybridized carbons (Fsp3) is 0. The van der Waals surface area contributed by atoms with Gasteiger partial charge in [-0.2, -0.15) is 5.10 Å². The second-order valence-electron chi connectivity index (χ2n) is 9.15. The van der Waals surface area contributed by atoms with Gasteiger partial charge < -0.3 is 15.4 Å². The van der Waals surface area contributed by atoms with Gasteiger partial charge in [-0.3, -0.25) is 14.4 Å². The van der Waals surface area contributed by atoms with Crippen molar-refractivity contribution in [2.24, 2.45) is 5.10 Å². The molecule has 5 rings (SSSR count). The highest BCUT2D eigenvalue weighted by atomic mass is 79.9. The molecule has 0 radical (unpaired) electrons. The molecule has 5 aromatic rings. The Morgan fingerprint density at radius 1 is 0.674 bits per heavy atom. The molecule has 0 unspecified atom stereocenters. The molecular weight excluding hydrogens is 612 g/mol. The summed E-state index contributed by atoms with van der Waals surface area (Å²) in [5.74, 6) is -2.63. The number of carbonyl (C=O) groups excluding carboxylic acids is 4. The van der Waals surface area contributed by atoms with Crippen LogP contribution in [-0.4, -0.2) is 29.9 Å². The van der Waals surface area contributed by atoms with Crippen molar-refractivity contribution in [1.29, 1.82) is 0 Å². The molecule has 0 heterocycles. The number of halogens is 1. The first kappa shape index (κ1) is 28.9. The van der Waals surface area contributed by atoms with E-state index in [1.165, 1.54) is 18.3 Å². The molecule has 0 saturated carbocycles. The molecule has 0 aromatic heterocycles. The van der Waals surface area contributed by atoms with Gasteiger partial charge in [-0.25, -0.2) is 10.2 Å². The van der Waals surface area contributed by atoms with Crippen molar-refractivity contribution in [1.82, 2.24) is 5.43 Å². The van der Waals surface area contributed by atoms with Crippen LogP contribution in [0.15, 0.2) is 125 Å². The van der Waals surface area contributed by atoms with Crippen molar-refractivity contribution >= 4 is 68.0 Å².